The molecule has 4 aliphatic rings. The predicted molar refractivity (Wildman–Crippen MR) is 110 cm³/mol. The molecule has 0 saturated carbocycles. The molecule has 1 unspecified atom stereocenters. The van der Waals surface area contributed by atoms with Crippen LogP contribution in [0.2, 0.25) is 0 Å². The summed E-state index contributed by atoms with van der Waals surface area (Å²) < 4.78 is -1.02. The van der Waals surface area contributed by atoms with Crippen LogP contribution in [-0.4, -0.2) is 39.3 Å². The normalized spacial score (nSPS) is 35.2. The highest BCUT2D eigenvalue weighted by molar-refractivity contribution is 8.16. The molecular formula is C22H19N3O3S. The van der Waals surface area contributed by atoms with Crippen molar-refractivity contribution in [3.63, 3.8) is 0 Å². The van der Waals surface area contributed by atoms with E-state index in [1.807, 2.05) is 54.6 Å². The number of carbonyl (C=O) groups is 3. The second-order valence-corrected chi connectivity index (χ2v) is 9.35. The van der Waals surface area contributed by atoms with E-state index in [0.29, 0.717) is 0 Å². The van der Waals surface area contributed by atoms with Gasteiger partial charge in [-0.05, 0) is 42.8 Å². The van der Waals surface area contributed by atoms with E-state index in [2.05, 4.69) is 15.5 Å². The number of amides is 3. The quantitative estimate of drug-likeness (QED) is 0.763. The van der Waals surface area contributed by atoms with E-state index >= 15 is 0 Å². The number of benzene rings is 2. The summed E-state index contributed by atoms with van der Waals surface area (Å²) in [5.74, 6) is -0.849. The molecule has 0 bridgehead atoms. The van der Waals surface area contributed by atoms with Crippen LogP contribution in [0, 0.1) is 0 Å². The molecule has 2 spiro atoms. The Kier molecular flexibility index (Phi) is 3.39. The molecule has 3 saturated heterocycles. The summed E-state index contributed by atoms with van der Waals surface area (Å²) in [7, 11) is 0. The van der Waals surface area contributed by atoms with Crippen molar-refractivity contribution in [3.8, 4) is 0 Å². The maximum atomic E-state index is 13.7. The van der Waals surface area contributed by atoms with Gasteiger partial charge < -0.3 is 5.32 Å². The third-order valence-corrected chi connectivity index (χ3v) is 8.26. The van der Waals surface area contributed by atoms with Crippen LogP contribution in [0.4, 0.5) is 10.5 Å². The van der Waals surface area contributed by atoms with Crippen molar-refractivity contribution in [1.82, 2.24) is 10.2 Å². The molecule has 4 atom stereocenters. The SMILES string of the molecule is O=C1NC(=O)[C@]2(S1)C1CCCN1[C@@]1(C(=O)Nc3ccccc31)[C@H]2c1ccccc1. The predicted octanol–water partition coefficient (Wildman–Crippen LogP) is 2.82. The van der Waals surface area contributed by atoms with E-state index in [9.17, 15) is 14.4 Å². The van der Waals surface area contributed by atoms with Crippen molar-refractivity contribution >= 4 is 34.5 Å². The monoisotopic (exact) mass is 405 g/mol. The molecule has 0 aliphatic carbocycles. The Morgan fingerprint density at radius 1 is 0.931 bits per heavy atom. The van der Waals surface area contributed by atoms with Crippen LogP contribution < -0.4 is 10.6 Å². The number of rotatable bonds is 1. The number of carbonyl (C=O) groups excluding carboxylic acids is 3. The first-order valence-corrected chi connectivity index (χ1v) is 10.7. The zero-order chi connectivity index (χ0) is 19.8. The lowest BCUT2D eigenvalue weighted by Gasteiger charge is -2.38. The van der Waals surface area contributed by atoms with Crippen LogP contribution in [-0.2, 0) is 15.1 Å². The Balaban J connectivity index is 1.71. The van der Waals surface area contributed by atoms with Gasteiger partial charge in [0.1, 0.15) is 10.3 Å². The largest absolute Gasteiger partial charge is 0.324 e. The molecular weight excluding hydrogens is 386 g/mol. The van der Waals surface area contributed by atoms with Crippen molar-refractivity contribution in [1.29, 1.82) is 0 Å². The Morgan fingerprint density at radius 3 is 2.45 bits per heavy atom. The first-order chi connectivity index (χ1) is 14.1. The molecule has 6 nitrogen and oxygen atoms in total. The molecule has 6 rings (SSSR count). The van der Waals surface area contributed by atoms with Crippen molar-refractivity contribution in [2.75, 3.05) is 11.9 Å². The summed E-state index contributed by atoms with van der Waals surface area (Å²) >= 11 is 1.08. The van der Waals surface area contributed by atoms with Crippen molar-refractivity contribution < 1.29 is 14.4 Å². The Labute approximate surface area is 172 Å². The summed E-state index contributed by atoms with van der Waals surface area (Å²) in [6.07, 6.45) is 1.68. The highest BCUT2D eigenvalue weighted by atomic mass is 32.2. The summed E-state index contributed by atoms with van der Waals surface area (Å²) in [6, 6.07) is 17.3. The number of nitrogens with zero attached hydrogens (tertiary/aromatic N) is 1. The second kappa shape index (κ2) is 5.70. The average Bonchev–Trinajstić information content (AvgIpc) is 3.43. The van der Waals surface area contributed by atoms with Crippen molar-refractivity contribution in [3.05, 3.63) is 65.7 Å². The first kappa shape index (κ1) is 17.2. The van der Waals surface area contributed by atoms with Gasteiger partial charge >= 0.3 is 0 Å². The third-order valence-electron chi connectivity index (χ3n) is 6.94. The van der Waals surface area contributed by atoms with Crippen LogP contribution in [0.5, 0.6) is 0 Å². The van der Waals surface area contributed by atoms with Crippen LogP contribution in [0.3, 0.4) is 0 Å². The van der Waals surface area contributed by atoms with Gasteiger partial charge in [0.2, 0.25) is 11.8 Å². The van der Waals surface area contributed by atoms with Gasteiger partial charge in [-0.3, -0.25) is 24.6 Å². The van der Waals surface area contributed by atoms with Gasteiger partial charge in [-0.25, -0.2) is 0 Å². The summed E-state index contributed by atoms with van der Waals surface area (Å²) in [4.78, 5) is 41.7. The van der Waals surface area contributed by atoms with Crippen LogP contribution in [0.25, 0.3) is 0 Å². The second-order valence-electron chi connectivity index (χ2n) is 8.10. The summed E-state index contributed by atoms with van der Waals surface area (Å²) in [5, 5.41) is 5.27. The molecule has 2 aromatic carbocycles. The maximum Gasteiger partial charge on any atom is 0.286 e. The fourth-order valence-corrected chi connectivity index (χ4v) is 7.50. The molecule has 146 valence electrons. The zero-order valence-electron chi connectivity index (χ0n) is 15.6. The fraction of sp³-hybridized carbons (Fsp3) is 0.318. The van der Waals surface area contributed by atoms with Gasteiger partial charge in [0.05, 0.1) is 0 Å². The van der Waals surface area contributed by atoms with Gasteiger partial charge in [-0.15, -0.1) is 0 Å². The lowest BCUT2D eigenvalue weighted by molar-refractivity contribution is -0.127. The lowest BCUT2D eigenvalue weighted by Crippen LogP contribution is -2.51. The van der Waals surface area contributed by atoms with E-state index in [1.165, 1.54) is 0 Å². The number of fused-ring (bicyclic) bond motifs is 5. The Hall–Kier alpha value is -2.64. The number of thioether (sulfide) groups is 1. The minimum atomic E-state index is -1.02. The molecule has 3 amide bonds. The van der Waals surface area contributed by atoms with Crippen LogP contribution >= 0.6 is 11.8 Å². The number of nitrogens with one attached hydrogen (secondary N) is 2. The Bertz CT molecular complexity index is 1070. The average molecular weight is 405 g/mol. The fourth-order valence-electron chi connectivity index (χ4n) is 6.10. The molecule has 0 aromatic heterocycles. The number of anilines is 1. The Morgan fingerprint density at radius 2 is 1.69 bits per heavy atom. The topological polar surface area (TPSA) is 78.5 Å². The van der Waals surface area contributed by atoms with Gasteiger partial charge in [0.25, 0.3) is 5.24 Å². The molecule has 2 aromatic rings. The van der Waals surface area contributed by atoms with Gasteiger partial charge in [0.15, 0.2) is 0 Å². The van der Waals surface area contributed by atoms with Crippen LogP contribution in [0.15, 0.2) is 54.6 Å². The maximum absolute atomic E-state index is 13.7. The van der Waals surface area contributed by atoms with Crippen LogP contribution in [0.1, 0.15) is 29.9 Å². The van der Waals surface area contributed by atoms with E-state index in [-0.39, 0.29) is 23.1 Å². The molecule has 7 heteroatoms. The summed E-state index contributed by atoms with van der Waals surface area (Å²) in [6.45, 7) is 0.722. The summed E-state index contributed by atoms with van der Waals surface area (Å²) in [5.41, 5.74) is 1.59. The van der Waals surface area contributed by atoms with Crippen molar-refractivity contribution in [2.24, 2.45) is 0 Å². The molecule has 0 radical (unpaired) electrons. The molecule has 3 fully saturated rings. The lowest BCUT2D eigenvalue weighted by atomic mass is 9.70. The highest BCUT2D eigenvalue weighted by Crippen LogP contribution is 2.67. The number of imide groups is 1. The third kappa shape index (κ3) is 1.90. The minimum Gasteiger partial charge on any atom is -0.324 e. The molecule has 29 heavy (non-hydrogen) atoms. The van der Waals surface area contributed by atoms with Gasteiger partial charge in [-0.2, -0.15) is 0 Å². The molecule has 4 heterocycles. The minimum absolute atomic E-state index is 0.107. The van der Waals surface area contributed by atoms with Gasteiger partial charge in [0, 0.05) is 23.2 Å². The van der Waals surface area contributed by atoms with E-state index < -0.39 is 16.2 Å². The molecule has 4 aliphatic heterocycles. The number of hydrogen-bond acceptors (Lipinski definition) is 5. The molecule has 2 N–H and O–H groups in total. The highest BCUT2D eigenvalue weighted by Gasteiger charge is 2.77. The standard InChI is InChI=1S/C22H19N3O3S/c26-18-21(14-9-4-5-10-15(14)23-18)17(13-7-2-1-3-8-13)22(16-11-6-12-25(16)21)19(27)24-20(28)29-22/h1-5,7-10,16-17H,6,11-12H2,(H,23,26)(H,24,27,28)/t16?,17-,21-,22+/m1/s1. The van der Waals surface area contributed by atoms with Gasteiger partial charge in [-0.1, -0.05) is 48.5 Å². The van der Waals surface area contributed by atoms with Crippen molar-refractivity contribution in [2.45, 2.75) is 35.1 Å². The van der Waals surface area contributed by atoms with E-state index in [0.717, 1.165) is 48.0 Å². The first-order valence-electron chi connectivity index (χ1n) is 9.87. The number of para-hydroxylation sites is 1. The zero-order valence-corrected chi connectivity index (χ0v) is 16.4. The number of hydrogen-bond donors (Lipinski definition) is 2. The van der Waals surface area contributed by atoms with E-state index in [1.54, 1.807) is 0 Å². The smallest absolute Gasteiger partial charge is 0.286 e. The van der Waals surface area contributed by atoms with E-state index in [4.69, 9.17) is 0 Å².